The van der Waals surface area contributed by atoms with Crippen molar-refractivity contribution in [3.05, 3.63) is 83.7 Å². The van der Waals surface area contributed by atoms with Crippen LogP contribution in [0.5, 0.6) is 5.75 Å². The van der Waals surface area contributed by atoms with Gasteiger partial charge in [-0.15, -0.1) is 0 Å². The highest BCUT2D eigenvalue weighted by Crippen LogP contribution is 2.50. The molecule has 1 N–H and O–H groups in total. The van der Waals surface area contributed by atoms with Gasteiger partial charge in [0.2, 0.25) is 0 Å². The molecule has 1 atom stereocenters. The molecule has 0 radical (unpaired) electrons. The van der Waals surface area contributed by atoms with E-state index in [-0.39, 0.29) is 6.04 Å². The summed E-state index contributed by atoms with van der Waals surface area (Å²) in [4.78, 5) is 2.01. The number of aliphatic hydroxyl groups is 1. The second-order valence-electron chi connectivity index (χ2n) is 6.97. The summed E-state index contributed by atoms with van der Waals surface area (Å²) >= 11 is 0. The number of hydrogen-bond donors (Lipinski definition) is 1. The molecular formula is C24H25NO2. The lowest BCUT2D eigenvalue weighted by molar-refractivity contribution is 0.324. The minimum Gasteiger partial charge on any atom is -0.495 e. The molecular weight excluding hydrogens is 334 g/mol. The first-order valence-electron chi connectivity index (χ1n) is 9.58. The smallest absolute Gasteiger partial charge is 0.193 e. The summed E-state index contributed by atoms with van der Waals surface area (Å²) in [6.07, 6.45) is 3.08. The maximum absolute atomic E-state index is 10.9. The van der Waals surface area contributed by atoms with Gasteiger partial charge in [-0.1, -0.05) is 67.9 Å². The molecule has 3 aromatic carbocycles. The molecule has 27 heavy (non-hydrogen) atoms. The molecule has 1 aliphatic heterocycles. The Hall–Kier alpha value is -2.94. The molecule has 0 aliphatic carbocycles. The Balaban J connectivity index is 1.86. The van der Waals surface area contributed by atoms with Gasteiger partial charge in [0, 0.05) is 5.57 Å². The molecule has 1 unspecified atom stereocenters. The first-order chi connectivity index (χ1) is 13.3. The van der Waals surface area contributed by atoms with E-state index in [2.05, 4.69) is 49.4 Å². The van der Waals surface area contributed by atoms with E-state index in [1.807, 2.05) is 29.2 Å². The molecule has 0 aromatic heterocycles. The van der Waals surface area contributed by atoms with Crippen molar-refractivity contribution in [2.45, 2.75) is 32.2 Å². The first-order valence-corrected chi connectivity index (χ1v) is 9.58. The van der Waals surface area contributed by atoms with Gasteiger partial charge in [-0.2, -0.15) is 0 Å². The Labute approximate surface area is 160 Å². The molecule has 3 nitrogen and oxygen atoms in total. The van der Waals surface area contributed by atoms with E-state index in [4.69, 9.17) is 4.74 Å². The van der Waals surface area contributed by atoms with Crippen molar-refractivity contribution in [2.24, 2.45) is 0 Å². The maximum atomic E-state index is 10.9. The molecule has 0 saturated heterocycles. The van der Waals surface area contributed by atoms with Gasteiger partial charge < -0.3 is 9.84 Å². The lowest BCUT2D eigenvalue weighted by atomic mass is 9.84. The summed E-state index contributed by atoms with van der Waals surface area (Å²) in [7, 11) is 1.67. The van der Waals surface area contributed by atoms with Crippen molar-refractivity contribution >= 4 is 16.5 Å². The maximum Gasteiger partial charge on any atom is 0.193 e. The van der Waals surface area contributed by atoms with Crippen LogP contribution in [0.2, 0.25) is 0 Å². The van der Waals surface area contributed by atoms with Crippen LogP contribution in [0.25, 0.3) is 10.8 Å². The number of methoxy groups -OCH3 is 1. The average Bonchev–Trinajstić information content (AvgIpc) is 2.72. The Morgan fingerprint density at radius 1 is 0.963 bits per heavy atom. The van der Waals surface area contributed by atoms with E-state index in [1.165, 1.54) is 16.3 Å². The van der Waals surface area contributed by atoms with E-state index >= 15 is 0 Å². The third-order valence-electron chi connectivity index (χ3n) is 5.37. The third-order valence-corrected chi connectivity index (χ3v) is 5.37. The normalized spacial score (nSPS) is 16.5. The summed E-state index contributed by atoms with van der Waals surface area (Å²) in [5.74, 6) is 1.13. The topological polar surface area (TPSA) is 32.7 Å². The van der Waals surface area contributed by atoms with Crippen molar-refractivity contribution in [3.63, 3.8) is 0 Å². The van der Waals surface area contributed by atoms with Crippen LogP contribution >= 0.6 is 0 Å². The van der Waals surface area contributed by atoms with Crippen LogP contribution in [-0.4, -0.2) is 12.2 Å². The Morgan fingerprint density at radius 2 is 1.70 bits per heavy atom. The number of ether oxygens (including phenoxy) is 1. The molecule has 3 heteroatoms. The molecule has 3 aromatic rings. The van der Waals surface area contributed by atoms with E-state index < -0.39 is 0 Å². The molecule has 0 bridgehead atoms. The molecule has 1 heterocycles. The second kappa shape index (κ2) is 7.36. The molecule has 4 rings (SSSR count). The minimum atomic E-state index is 0.0268. The zero-order valence-electron chi connectivity index (χ0n) is 15.9. The van der Waals surface area contributed by atoms with Crippen LogP contribution in [0, 0.1) is 0 Å². The van der Waals surface area contributed by atoms with Crippen LogP contribution in [0.3, 0.4) is 0 Å². The molecule has 0 fully saturated rings. The van der Waals surface area contributed by atoms with Crippen molar-refractivity contribution in [1.29, 1.82) is 0 Å². The van der Waals surface area contributed by atoms with Gasteiger partial charge in [-0.3, -0.25) is 4.90 Å². The van der Waals surface area contributed by atoms with Gasteiger partial charge >= 0.3 is 0 Å². The monoisotopic (exact) mass is 359 g/mol. The fraction of sp³-hybridized carbons (Fsp3) is 0.250. The Morgan fingerprint density at radius 3 is 2.52 bits per heavy atom. The number of hydrogen-bond acceptors (Lipinski definition) is 3. The van der Waals surface area contributed by atoms with Gasteiger partial charge in [0.15, 0.2) is 5.88 Å². The van der Waals surface area contributed by atoms with Gasteiger partial charge in [0.05, 0.1) is 18.8 Å². The first kappa shape index (κ1) is 17.5. The highest BCUT2D eigenvalue weighted by molar-refractivity contribution is 5.88. The van der Waals surface area contributed by atoms with Crippen LogP contribution in [-0.2, 0) is 0 Å². The standard InChI is InChI=1S/C24H25NO2/c1-3-4-12-20-23(19-14-9-11-17-10-5-6-13-18(17)19)25(24(20)26)21-15-7-8-16-22(21)27-2/h5-11,13-16,23,26H,3-4,12H2,1-2H3. The zero-order valence-corrected chi connectivity index (χ0v) is 15.9. The largest absolute Gasteiger partial charge is 0.495 e. The highest BCUT2D eigenvalue weighted by Gasteiger charge is 2.41. The van der Waals surface area contributed by atoms with Crippen LogP contribution in [0.15, 0.2) is 78.2 Å². The van der Waals surface area contributed by atoms with Gasteiger partial charge in [-0.05, 0) is 41.3 Å². The van der Waals surface area contributed by atoms with E-state index in [1.54, 1.807) is 7.11 Å². The summed E-state index contributed by atoms with van der Waals surface area (Å²) < 4.78 is 5.56. The van der Waals surface area contributed by atoms with E-state index in [0.29, 0.717) is 5.88 Å². The summed E-state index contributed by atoms with van der Waals surface area (Å²) in [5.41, 5.74) is 3.23. The number of benzene rings is 3. The zero-order chi connectivity index (χ0) is 18.8. The molecule has 0 spiro atoms. The number of anilines is 1. The van der Waals surface area contributed by atoms with Crippen LogP contribution in [0.1, 0.15) is 37.8 Å². The second-order valence-corrected chi connectivity index (χ2v) is 6.97. The van der Waals surface area contributed by atoms with Gasteiger partial charge in [-0.25, -0.2) is 0 Å². The molecule has 138 valence electrons. The minimum absolute atomic E-state index is 0.0268. The van der Waals surface area contributed by atoms with Gasteiger partial charge in [0.25, 0.3) is 0 Å². The van der Waals surface area contributed by atoms with E-state index in [9.17, 15) is 5.11 Å². The Kier molecular flexibility index (Phi) is 4.76. The summed E-state index contributed by atoms with van der Waals surface area (Å²) in [6.45, 7) is 2.18. The van der Waals surface area contributed by atoms with E-state index in [0.717, 1.165) is 36.3 Å². The number of nitrogens with zero attached hydrogens (tertiary/aromatic N) is 1. The highest BCUT2D eigenvalue weighted by atomic mass is 16.5. The summed E-state index contributed by atoms with van der Waals surface area (Å²) in [5, 5.41) is 13.4. The molecule has 0 saturated carbocycles. The average molecular weight is 359 g/mol. The number of unbranched alkanes of at least 4 members (excludes halogenated alkanes) is 1. The fourth-order valence-electron chi connectivity index (χ4n) is 4.00. The Bertz CT molecular complexity index is 987. The van der Waals surface area contributed by atoms with Crippen LogP contribution < -0.4 is 9.64 Å². The number of fused-ring (bicyclic) bond motifs is 1. The molecule has 0 amide bonds. The van der Waals surface area contributed by atoms with Crippen molar-refractivity contribution in [1.82, 2.24) is 0 Å². The van der Waals surface area contributed by atoms with Crippen LogP contribution in [0.4, 0.5) is 5.69 Å². The number of aliphatic hydroxyl groups excluding tert-OH is 1. The van der Waals surface area contributed by atoms with Crippen molar-refractivity contribution in [3.8, 4) is 5.75 Å². The number of para-hydroxylation sites is 2. The van der Waals surface area contributed by atoms with Crippen molar-refractivity contribution < 1.29 is 9.84 Å². The SMILES string of the molecule is CCCCC1=C(O)N(c2ccccc2OC)C1c1cccc2ccccc12. The fourth-order valence-corrected chi connectivity index (χ4v) is 4.00. The predicted octanol–water partition coefficient (Wildman–Crippen LogP) is 6.37. The quantitative estimate of drug-likeness (QED) is 0.555. The summed E-state index contributed by atoms with van der Waals surface area (Å²) in [6, 6.07) is 22.8. The third kappa shape index (κ3) is 2.93. The number of rotatable bonds is 6. The lowest BCUT2D eigenvalue weighted by Crippen LogP contribution is -2.40. The molecule has 1 aliphatic rings. The van der Waals surface area contributed by atoms with Crippen molar-refractivity contribution in [2.75, 3.05) is 12.0 Å². The predicted molar refractivity (Wildman–Crippen MR) is 111 cm³/mol. The van der Waals surface area contributed by atoms with Gasteiger partial charge in [0.1, 0.15) is 5.75 Å². The lowest BCUT2D eigenvalue weighted by Gasteiger charge is -2.44.